The molecule has 0 unspecified atom stereocenters. The molecule has 1 amide bonds. The first kappa shape index (κ1) is 18.2. The quantitative estimate of drug-likeness (QED) is 0.604. The molecule has 136 valence electrons. The molecule has 0 aliphatic carbocycles. The number of nitrogens with zero attached hydrogens (tertiary/aromatic N) is 3. The van der Waals surface area contributed by atoms with Crippen molar-refractivity contribution in [3.63, 3.8) is 0 Å². The lowest BCUT2D eigenvalue weighted by atomic mass is 10.1. The lowest BCUT2D eigenvalue weighted by Gasteiger charge is -2.40. The molecule has 0 aromatic heterocycles. The van der Waals surface area contributed by atoms with Gasteiger partial charge in [-0.25, -0.2) is 0 Å². The van der Waals surface area contributed by atoms with Gasteiger partial charge in [0.05, 0.1) is 4.92 Å². The fraction of sp³-hybridized carbons (Fsp3) is 0.316. The molecule has 0 saturated carbocycles. The molecule has 2 aromatic rings. The average molecular weight is 374 g/mol. The zero-order valence-corrected chi connectivity index (χ0v) is 15.4. The Morgan fingerprint density at radius 3 is 2.50 bits per heavy atom. The fourth-order valence-electron chi connectivity index (χ4n) is 3.25. The van der Waals surface area contributed by atoms with Gasteiger partial charge in [0.15, 0.2) is 0 Å². The molecule has 1 saturated heterocycles. The molecule has 0 bridgehead atoms. The van der Waals surface area contributed by atoms with E-state index in [2.05, 4.69) is 0 Å². The summed E-state index contributed by atoms with van der Waals surface area (Å²) in [6.07, 6.45) is 0. The van der Waals surface area contributed by atoms with Gasteiger partial charge in [-0.1, -0.05) is 29.3 Å². The van der Waals surface area contributed by atoms with Crippen LogP contribution in [-0.2, 0) is 0 Å². The van der Waals surface area contributed by atoms with Gasteiger partial charge in [-0.2, -0.15) is 0 Å². The van der Waals surface area contributed by atoms with E-state index >= 15 is 0 Å². The summed E-state index contributed by atoms with van der Waals surface area (Å²) in [5.41, 5.74) is 2.29. The van der Waals surface area contributed by atoms with Gasteiger partial charge < -0.3 is 9.80 Å². The van der Waals surface area contributed by atoms with Crippen molar-refractivity contribution < 1.29 is 9.72 Å². The van der Waals surface area contributed by atoms with Crippen molar-refractivity contribution in [2.75, 3.05) is 24.5 Å². The molecule has 1 aliphatic rings. The minimum atomic E-state index is -0.421. The normalized spacial score (nSPS) is 17.3. The van der Waals surface area contributed by atoms with Crippen molar-refractivity contribution in [2.24, 2.45) is 0 Å². The summed E-state index contributed by atoms with van der Waals surface area (Å²) < 4.78 is 0. The number of nitro groups is 1. The van der Waals surface area contributed by atoms with Crippen molar-refractivity contribution in [3.8, 4) is 0 Å². The topological polar surface area (TPSA) is 66.7 Å². The highest BCUT2D eigenvalue weighted by molar-refractivity contribution is 6.30. The highest BCUT2D eigenvalue weighted by Crippen LogP contribution is 2.32. The van der Waals surface area contributed by atoms with Crippen molar-refractivity contribution >= 4 is 28.9 Å². The van der Waals surface area contributed by atoms with E-state index in [9.17, 15) is 14.9 Å². The average Bonchev–Trinajstić information content (AvgIpc) is 2.61. The van der Waals surface area contributed by atoms with Crippen LogP contribution in [-0.4, -0.2) is 41.4 Å². The SMILES string of the molecule is Cc1ccc(C(=O)N2CCN(c3ccc(Cl)cc3[N+](=O)[O-])C[C@@H]2C)cc1. The Balaban J connectivity index is 1.78. The third-order valence-electron chi connectivity index (χ3n) is 4.66. The van der Waals surface area contributed by atoms with E-state index in [4.69, 9.17) is 11.6 Å². The third kappa shape index (κ3) is 3.65. The second-order valence-electron chi connectivity index (χ2n) is 6.55. The minimum absolute atomic E-state index is 0.0111. The van der Waals surface area contributed by atoms with E-state index in [1.807, 2.05) is 47.9 Å². The number of carbonyl (C=O) groups is 1. The molecular weight excluding hydrogens is 354 g/mol. The Bertz CT molecular complexity index is 838. The molecule has 1 aliphatic heterocycles. The summed E-state index contributed by atoms with van der Waals surface area (Å²) in [6.45, 7) is 5.51. The molecule has 1 atom stereocenters. The number of hydrogen-bond acceptors (Lipinski definition) is 4. The first-order chi connectivity index (χ1) is 12.4. The maximum atomic E-state index is 12.8. The van der Waals surface area contributed by atoms with Crippen LogP contribution in [0.4, 0.5) is 11.4 Å². The number of hydrogen-bond donors (Lipinski definition) is 0. The summed E-state index contributed by atoms with van der Waals surface area (Å²) in [5.74, 6) is -0.0113. The van der Waals surface area contributed by atoms with Crippen LogP contribution in [0.15, 0.2) is 42.5 Å². The second kappa shape index (κ2) is 7.33. The first-order valence-electron chi connectivity index (χ1n) is 8.43. The van der Waals surface area contributed by atoms with Crippen molar-refractivity contribution in [2.45, 2.75) is 19.9 Å². The van der Waals surface area contributed by atoms with Gasteiger partial charge in [0, 0.05) is 42.3 Å². The number of rotatable bonds is 3. The van der Waals surface area contributed by atoms with Gasteiger partial charge in [0.25, 0.3) is 11.6 Å². The van der Waals surface area contributed by atoms with E-state index in [-0.39, 0.29) is 17.6 Å². The lowest BCUT2D eigenvalue weighted by Crippen LogP contribution is -2.54. The summed E-state index contributed by atoms with van der Waals surface area (Å²) in [4.78, 5) is 27.4. The first-order valence-corrected chi connectivity index (χ1v) is 8.81. The van der Waals surface area contributed by atoms with E-state index in [0.717, 1.165) is 5.56 Å². The summed E-state index contributed by atoms with van der Waals surface area (Å²) in [7, 11) is 0. The van der Waals surface area contributed by atoms with E-state index in [1.54, 1.807) is 12.1 Å². The van der Waals surface area contributed by atoms with Crippen LogP contribution in [0.2, 0.25) is 5.02 Å². The predicted molar refractivity (Wildman–Crippen MR) is 102 cm³/mol. The number of aryl methyl sites for hydroxylation is 1. The van der Waals surface area contributed by atoms with Gasteiger partial charge in [0.1, 0.15) is 5.69 Å². The standard InChI is InChI=1S/C19H20ClN3O3/c1-13-3-5-15(6-4-13)19(24)22-10-9-21(12-14(22)2)17-8-7-16(20)11-18(17)23(25)26/h3-8,11,14H,9-10,12H2,1-2H3/t14-/m0/s1. The van der Waals surface area contributed by atoms with Crippen LogP contribution in [0.3, 0.4) is 0 Å². The van der Waals surface area contributed by atoms with Crippen LogP contribution in [0.1, 0.15) is 22.8 Å². The zero-order chi connectivity index (χ0) is 18.8. The molecule has 7 heteroatoms. The molecule has 2 aromatic carbocycles. The zero-order valence-electron chi connectivity index (χ0n) is 14.7. The van der Waals surface area contributed by atoms with Gasteiger partial charge in [0.2, 0.25) is 0 Å². The number of anilines is 1. The van der Waals surface area contributed by atoms with Gasteiger partial charge in [-0.15, -0.1) is 0 Å². The molecule has 0 N–H and O–H groups in total. The predicted octanol–water partition coefficient (Wildman–Crippen LogP) is 3.91. The van der Waals surface area contributed by atoms with Crippen molar-refractivity contribution in [1.82, 2.24) is 4.90 Å². The summed E-state index contributed by atoms with van der Waals surface area (Å²) >= 11 is 5.90. The monoisotopic (exact) mass is 373 g/mol. The van der Waals surface area contributed by atoms with Crippen molar-refractivity contribution in [1.29, 1.82) is 0 Å². The molecule has 3 rings (SSSR count). The van der Waals surface area contributed by atoms with E-state index in [0.29, 0.717) is 35.9 Å². The highest BCUT2D eigenvalue weighted by atomic mass is 35.5. The van der Waals surface area contributed by atoms with Crippen LogP contribution in [0.25, 0.3) is 0 Å². The fourth-order valence-corrected chi connectivity index (χ4v) is 3.42. The molecule has 0 radical (unpaired) electrons. The van der Waals surface area contributed by atoms with Gasteiger partial charge in [-0.05, 0) is 38.1 Å². The molecule has 26 heavy (non-hydrogen) atoms. The number of amides is 1. The third-order valence-corrected chi connectivity index (χ3v) is 4.90. The Kier molecular flexibility index (Phi) is 5.13. The Morgan fingerprint density at radius 2 is 1.88 bits per heavy atom. The van der Waals surface area contributed by atoms with E-state index < -0.39 is 4.92 Å². The maximum Gasteiger partial charge on any atom is 0.294 e. The molecule has 6 nitrogen and oxygen atoms in total. The molecule has 0 spiro atoms. The number of carbonyl (C=O) groups excluding carboxylic acids is 1. The molecular formula is C19H20ClN3O3. The largest absolute Gasteiger partial charge is 0.362 e. The van der Waals surface area contributed by atoms with Crippen molar-refractivity contribution in [3.05, 3.63) is 68.7 Å². The molecule has 1 heterocycles. The number of nitro benzene ring substituents is 1. The molecule has 1 fully saturated rings. The van der Waals surface area contributed by atoms with Gasteiger partial charge >= 0.3 is 0 Å². The number of benzene rings is 2. The maximum absolute atomic E-state index is 12.8. The van der Waals surface area contributed by atoms with Gasteiger partial charge in [-0.3, -0.25) is 14.9 Å². The highest BCUT2D eigenvalue weighted by Gasteiger charge is 2.31. The summed E-state index contributed by atoms with van der Waals surface area (Å²) in [6, 6.07) is 12.1. The van der Waals surface area contributed by atoms with Crippen LogP contribution in [0.5, 0.6) is 0 Å². The Morgan fingerprint density at radius 1 is 1.19 bits per heavy atom. The Labute approximate surface area is 157 Å². The second-order valence-corrected chi connectivity index (χ2v) is 6.99. The van der Waals surface area contributed by atoms with Crippen LogP contribution in [0, 0.1) is 17.0 Å². The Hall–Kier alpha value is -2.60. The van der Waals surface area contributed by atoms with Crippen LogP contribution >= 0.6 is 11.6 Å². The number of piperazine rings is 1. The smallest absolute Gasteiger partial charge is 0.294 e. The minimum Gasteiger partial charge on any atom is -0.362 e. The van der Waals surface area contributed by atoms with E-state index in [1.165, 1.54) is 6.07 Å². The number of halogens is 1. The lowest BCUT2D eigenvalue weighted by molar-refractivity contribution is -0.384. The summed E-state index contributed by atoms with van der Waals surface area (Å²) in [5, 5.41) is 11.7. The van der Waals surface area contributed by atoms with Crippen LogP contribution < -0.4 is 4.90 Å².